The molecule has 0 spiro atoms. The van der Waals surface area contributed by atoms with Crippen molar-refractivity contribution in [1.29, 1.82) is 0 Å². The molecule has 40 heavy (non-hydrogen) atoms. The van der Waals surface area contributed by atoms with Crippen molar-refractivity contribution in [2.45, 2.75) is 123 Å². The molecule has 0 bridgehead atoms. The minimum Gasteiger partial charge on any atom is -0.465 e. The molecule has 0 radical (unpaired) electrons. The monoisotopic (exact) mass is 575 g/mol. The molecule has 0 heterocycles. The number of hydrogen-bond acceptors (Lipinski definition) is 8. The molecule has 0 saturated heterocycles. The second-order valence-corrected chi connectivity index (χ2v) is 10.5. The smallest absolute Gasteiger partial charge is 0.409 e. The van der Waals surface area contributed by atoms with E-state index in [9.17, 15) is 9.59 Å². The highest BCUT2D eigenvalue weighted by Crippen LogP contribution is 2.12. The van der Waals surface area contributed by atoms with Gasteiger partial charge in [0.1, 0.15) is 6.61 Å². The topological polar surface area (TPSA) is 104 Å². The van der Waals surface area contributed by atoms with Crippen LogP contribution in [0, 0.1) is 5.92 Å². The highest BCUT2D eigenvalue weighted by atomic mass is 16.7. The number of hydrogen-bond donors (Lipinski definition) is 1. The molecule has 0 aliphatic heterocycles. The van der Waals surface area contributed by atoms with Crippen LogP contribution in [0.2, 0.25) is 0 Å². The van der Waals surface area contributed by atoms with E-state index in [2.05, 4.69) is 13.8 Å². The first kappa shape index (κ1) is 38.6. The Morgan fingerprint density at radius 3 is 1.80 bits per heavy atom. The summed E-state index contributed by atoms with van der Waals surface area (Å²) in [6, 6.07) is 0. The standard InChI is InChI=1S/C31H61NO8/c1-5-8-10-12-14-16-23-37-30(38-24-17-15-13-11-9-6-2)20-19-29(34)39-26-28(25-36-4)27-40-31(35)32(7-3)21-18-22-33/h28,30,33H,5-27H2,1-4H3. The van der Waals surface area contributed by atoms with E-state index < -0.39 is 12.4 Å². The molecule has 1 amide bonds. The Labute approximate surface area is 244 Å². The largest absolute Gasteiger partial charge is 0.465 e. The third-order valence-corrected chi connectivity index (χ3v) is 6.74. The Morgan fingerprint density at radius 2 is 1.27 bits per heavy atom. The average Bonchev–Trinajstić information content (AvgIpc) is 2.96. The zero-order chi connectivity index (χ0) is 29.7. The lowest BCUT2D eigenvalue weighted by atomic mass is 10.1. The van der Waals surface area contributed by atoms with Crippen LogP contribution in [0.15, 0.2) is 0 Å². The van der Waals surface area contributed by atoms with Crippen molar-refractivity contribution in [2.75, 3.05) is 59.8 Å². The van der Waals surface area contributed by atoms with E-state index in [1.54, 1.807) is 7.11 Å². The van der Waals surface area contributed by atoms with Gasteiger partial charge in [-0.05, 0) is 26.2 Å². The second-order valence-electron chi connectivity index (χ2n) is 10.5. The summed E-state index contributed by atoms with van der Waals surface area (Å²) in [5.74, 6) is -0.597. The van der Waals surface area contributed by atoms with Crippen molar-refractivity contribution >= 4 is 12.1 Å². The van der Waals surface area contributed by atoms with E-state index >= 15 is 0 Å². The Kier molecular flexibility index (Phi) is 28.1. The third kappa shape index (κ3) is 23.3. The molecule has 9 heteroatoms. The Bertz CT molecular complexity index is 560. The predicted octanol–water partition coefficient (Wildman–Crippen LogP) is 6.49. The summed E-state index contributed by atoms with van der Waals surface area (Å²) in [4.78, 5) is 26.3. The summed E-state index contributed by atoms with van der Waals surface area (Å²) in [6.45, 7) is 8.98. The zero-order valence-electron chi connectivity index (χ0n) is 26.2. The normalized spacial score (nSPS) is 12.1. The molecule has 0 aromatic carbocycles. The first-order valence-electron chi connectivity index (χ1n) is 15.9. The first-order valence-corrected chi connectivity index (χ1v) is 15.9. The molecule has 1 N–H and O–H groups in total. The van der Waals surface area contributed by atoms with E-state index in [0.717, 1.165) is 25.7 Å². The number of rotatable bonds is 29. The van der Waals surface area contributed by atoms with Crippen molar-refractivity contribution in [1.82, 2.24) is 4.90 Å². The van der Waals surface area contributed by atoms with Gasteiger partial charge in [0, 0.05) is 46.4 Å². The lowest BCUT2D eigenvalue weighted by molar-refractivity contribution is -0.160. The number of aliphatic hydroxyl groups excluding tert-OH is 1. The zero-order valence-corrected chi connectivity index (χ0v) is 26.2. The molecule has 9 nitrogen and oxygen atoms in total. The highest BCUT2D eigenvalue weighted by molar-refractivity contribution is 5.69. The van der Waals surface area contributed by atoms with E-state index in [1.165, 1.54) is 56.3 Å². The second kappa shape index (κ2) is 29.1. The van der Waals surface area contributed by atoms with Crippen LogP contribution in [0.4, 0.5) is 4.79 Å². The Hall–Kier alpha value is -1.42. The minimum absolute atomic E-state index is 0.0149. The van der Waals surface area contributed by atoms with Crippen LogP contribution in [0.3, 0.4) is 0 Å². The fraction of sp³-hybridized carbons (Fsp3) is 0.935. The van der Waals surface area contributed by atoms with Gasteiger partial charge in [0.25, 0.3) is 0 Å². The van der Waals surface area contributed by atoms with Gasteiger partial charge in [0.15, 0.2) is 6.29 Å². The number of carbonyl (C=O) groups excluding carboxylic acids is 2. The van der Waals surface area contributed by atoms with Gasteiger partial charge in [0.05, 0.1) is 25.6 Å². The number of aliphatic hydroxyl groups is 1. The number of carbonyl (C=O) groups is 2. The van der Waals surface area contributed by atoms with Crippen molar-refractivity contribution < 1.29 is 38.4 Å². The van der Waals surface area contributed by atoms with Crippen LogP contribution in [-0.2, 0) is 28.5 Å². The molecule has 0 rings (SSSR count). The van der Waals surface area contributed by atoms with Gasteiger partial charge < -0.3 is 33.7 Å². The number of unbranched alkanes of at least 4 members (excludes halogenated alkanes) is 10. The molecular formula is C31H61NO8. The highest BCUT2D eigenvalue weighted by Gasteiger charge is 2.19. The number of esters is 1. The quantitative estimate of drug-likeness (QED) is 0.0613. The molecule has 0 aliphatic rings. The first-order chi connectivity index (χ1) is 19.5. The van der Waals surface area contributed by atoms with Gasteiger partial charge in [-0.1, -0.05) is 78.1 Å². The molecule has 0 aromatic heterocycles. The lowest BCUT2D eigenvalue weighted by Gasteiger charge is -2.22. The van der Waals surface area contributed by atoms with Crippen molar-refractivity contribution in [3.63, 3.8) is 0 Å². The van der Waals surface area contributed by atoms with Crippen molar-refractivity contribution in [3.8, 4) is 0 Å². The Morgan fingerprint density at radius 1 is 0.725 bits per heavy atom. The summed E-state index contributed by atoms with van der Waals surface area (Å²) < 4.78 is 28.1. The van der Waals surface area contributed by atoms with Crippen LogP contribution in [0.1, 0.15) is 117 Å². The van der Waals surface area contributed by atoms with Crippen molar-refractivity contribution in [3.05, 3.63) is 0 Å². The van der Waals surface area contributed by atoms with Crippen LogP contribution in [0.5, 0.6) is 0 Å². The number of methoxy groups -OCH3 is 1. The van der Waals surface area contributed by atoms with Gasteiger partial charge in [-0.2, -0.15) is 0 Å². The molecule has 0 aromatic rings. The predicted molar refractivity (Wildman–Crippen MR) is 158 cm³/mol. The number of ether oxygens (including phenoxy) is 5. The molecule has 1 atom stereocenters. The van der Waals surface area contributed by atoms with E-state index in [1.807, 2.05) is 6.92 Å². The summed E-state index contributed by atoms with van der Waals surface area (Å²) in [5, 5.41) is 9.00. The van der Waals surface area contributed by atoms with Crippen LogP contribution >= 0.6 is 0 Å². The molecule has 238 valence electrons. The summed E-state index contributed by atoms with van der Waals surface area (Å²) in [7, 11) is 1.56. The van der Waals surface area contributed by atoms with Crippen LogP contribution in [0.25, 0.3) is 0 Å². The molecule has 1 unspecified atom stereocenters. The fourth-order valence-electron chi connectivity index (χ4n) is 4.23. The molecule has 0 aliphatic carbocycles. The molecule has 0 fully saturated rings. The van der Waals surface area contributed by atoms with Crippen LogP contribution < -0.4 is 0 Å². The minimum atomic E-state index is -0.448. The maximum Gasteiger partial charge on any atom is 0.409 e. The van der Waals surface area contributed by atoms with Crippen molar-refractivity contribution in [2.24, 2.45) is 5.92 Å². The summed E-state index contributed by atoms with van der Waals surface area (Å²) in [6.07, 6.45) is 14.6. The number of nitrogens with zero attached hydrogens (tertiary/aromatic N) is 1. The van der Waals surface area contributed by atoms with Gasteiger partial charge in [-0.3, -0.25) is 4.79 Å². The van der Waals surface area contributed by atoms with Gasteiger partial charge >= 0.3 is 12.1 Å². The van der Waals surface area contributed by atoms with E-state index in [0.29, 0.717) is 45.8 Å². The van der Waals surface area contributed by atoms with Gasteiger partial charge in [-0.25, -0.2) is 4.79 Å². The summed E-state index contributed by atoms with van der Waals surface area (Å²) in [5.41, 5.74) is 0. The Balaban J connectivity index is 4.52. The summed E-state index contributed by atoms with van der Waals surface area (Å²) >= 11 is 0. The average molecular weight is 576 g/mol. The molecular weight excluding hydrogens is 514 g/mol. The lowest BCUT2D eigenvalue weighted by Crippen LogP contribution is -2.35. The van der Waals surface area contributed by atoms with Gasteiger partial charge in [-0.15, -0.1) is 0 Å². The van der Waals surface area contributed by atoms with Gasteiger partial charge in [0.2, 0.25) is 0 Å². The number of amides is 1. The third-order valence-electron chi connectivity index (χ3n) is 6.74. The molecule has 0 saturated carbocycles. The van der Waals surface area contributed by atoms with E-state index in [4.69, 9.17) is 28.8 Å². The van der Waals surface area contributed by atoms with Crippen LogP contribution in [-0.4, -0.2) is 88.2 Å². The SMILES string of the molecule is CCCCCCCCOC(CCC(=O)OCC(COC)COC(=O)N(CC)CCCO)OCCCCCCCC. The maximum absolute atomic E-state index is 12.5. The van der Waals surface area contributed by atoms with E-state index in [-0.39, 0.29) is 38.1 Å². The fourth-order valence-corrected chi connectivity index (χ4v) is 4.23. The maximum atomic E-state index is 12.5.